The molecular weight excluding hydrogens is 274 g/mol. The smallest absolute Gasteiger partial charge is 0.142 e. The van der Waals surface area contributed by atoms with E-state index in [1.165, 1.54) is 0 Å². The van der Waals surface area contributed by atoms with Crippen molar-refractivity contribution in [1.82, 2.24) is 0 Å². The largest absolute Gasteiger partial charge is 0.319 e. The number of benzene rings is 2. The molecule has 2 aromatic carbocycles. The maximum Gasteiger partial charge on any atom is 0.142 e. The zero-order valence-electron chi connectivity index (χ0n) is 12.6. The number of hydrogen-bond donors (Lipinski definition) is 1. The monoisotopic (exact) mass is 295 g/mol. The third kappa shape index (κ3) is 2.81. The number of aldehydes is 1. The van der Waals surface area contributed by atoms with Crippen molar-refractivity contribution in [2.24, 2.45) is 11.7 Å². The van der Waals surface area contributed by atoms with Crippen molar-refractivity contribution in [2.75, 3.05) is 0 Å². The molecule has 0 aliphatic heterocycles. The Morgan fingerprint density at radius 2 is 1.95 bits per heavy atom. The summed E-state index contributed by atoms with van der Waals surface area (Å²) in [5.74, 6) is -0.255. The van der Waals surface area contributed by atoms with Gasteiger partial charge in [0.05, 0.1) is 5.54 Å². The van der Waals surface area contributed by atoms with E-state index < -0.39 is 5.54 Å². The van der Waals surface area contributed by atoms with Gasteiger partial charge in [0.25, 0.3) is 0 Å². The first-order chi connectivity index (χ1) is 10.6. The van der Waals surface area contributed by atoms with Gasteiger partial charge in [0.15, 0.2) is 0 Å². The maximum absolute atomic E-state index is 12.6. The highest BCUT2D eigenvalue weighted by Gasteiger charge is 2.41. The standard InChI is InChI=1S/C19H21NO2/c20-19(13-21)10-4-3-7-17(19)18(22)12-14-8-9-15-5-1-2-6-16(15)11-14/h1-2,5-6,8-9,11,13,17H,3-4,7,10,12,20H2. The molecular formula is C19H21NO2. The third-order valence-electron chi connectivity index (χ3n) is 4.80. The summed E-state index contributed by atoms with van der Waals surface area (Å²) in [7, 11) is 0. The van der Waals surface area contributed by atoms with Crippen LogP contribution in [-0.4, -0.2) is 17.6 Å². The van der Waals surface area contributed by atoms with Crippen LogP contribution in [0.4, 0.5) is 0 Å². The number of carbonyl (C=O) groups excluding carboxylic acids is 2. The summed E-state index contributed by atoms with van der Waals surface area (Å²) in [4.78, 5) is 24.0. The molecule has 0 radical (unpaired) electrons. The van der Waals surface area contributed by atoms with Crippen molar-refractivity contribution < 1.29 is 9.59 Å². The lowest BCUT2D eigenvalue weighted by molar-refractivity contribution is -0.130. The Kier molecular flexibility index (Phi) is 4.08. The minimum atomic E-state index is -0.966. The van der Waals surface area contributed by atoms with Gasteiger partial charge in [-0.25, -0.2) is 0 Å². The van der Waals surface area contributed by atoms with Gasteiger partial charge in [-0.3, -0.25) is 4.79 Å². The van der Waals surface area contributed by atoms with Gasteiger partial charge in [-0.2, -0.15) is 0 Å². The Hall–Kier alpha value is -2.00. The van der Waals surface area contributed by atoms with Gasteiger partial charge in [-0.15, -0.1) is 0 Å². The third-order valence-corrected chi connectivity index (χ3v) is 4.80. The van der Waals surface area contributed by atoms with Gasteiger partial charge in [0.2, 0.25) is 0 Å². The van der Waals surface area contributed by atoms with Crippen molar-refractivity contribution in [3.63, 3.8) is 0 Å². The van der Waals surface area contributed by atoms with Gasteiger partial charge in [0.1, 0.15) is 12.1 Å². The Labute approximate surface area is 130 Å². The Morgan fingerprint density at radius 1 is 1.18 bits per heavy atom. The fraction of sp³-hybridized carbons (Fsp3) is 0.368. The van der Waals surface area contributed by atoms with Crippen LogP contribution in [0.1, 0.15) is 31.2 Å². The van der Waals surface area contributed by atoms with Crippen molar-refractivity contribution in [3.05, 3.63) is 48.0 Å². The summed E-state index contributed by atoms with van der Waals surface area (Å²) in [6.45, 7) is 0. The van der Waals surface area contributed by atoms with Crippen molar-refractivity contribution in [1.29, 1.82) is 0 Å². The van der Waals surface area contributed by atoms with E-state index in [-0.39, 0.29) is 11.7 Å². The zero-order chi connectivity index (χ0) is 15.6. The highest BCUT2D eigenvalue weighted by atomic mass is 16.1. The first-order valence-electron chi connectivity index (χ1n) is 7.88. The predicted octanol–water partition coefficient (Wildman–Crippen LogP) is 3.04. The molecule has 2 N–H and O–H groups in total. The Balaban J connectivity index is 1.81. The fourth-order valence-electron chi connectivity index (χ4n) is 3.50. The van der Waals surface area contributed by atoms with Crippen molar-refractivity contribution in [3.8, 4) is 0 Å². The molecule has 0 bridgehead atoms. The minimum Gasteiger partial charge on any atom is -0.319 e. The fourth-order valence-corrected chi connectivity index (χ4v) is 3.50. The summed E-state index contributed by atoms with van der Waals surface area (Å²) >= 11 is 0. The summed E-state index contributed by atoms with van der Waals surface area (Å²) in [6.07, 6.45) is 4.37. The summed E-state index contributed by atoms with van der Waals surface area (Å²) in [5, 5.41) is 2.29. The highest BCUT2D eigenvalue weighted by Crippen LogP contribution is 2.32. The second kappa shape index (κ2) is 6.01. The molecule has 0 saturated heterocycles. The highest BCUT2D eigenvalue weighted by molar-refractivity contribution is 5.90. The molecule has 1 aliphatic rings. The number of hydrogen-bond acceptors (Lipinski definition) is 3. The molecule has 22 heavy (non-hydrogen) atoms. The Bertz CT molecular complexity index is 709. The topological polar surface area (TPSA) is 60.2 Å². The first-order valence-corrected chi connectivity index (χ1v) is 7.88. The molecule has 0 aromatic heterocycles. The van der Waals surface area contributed by atoms with Gasteiger partial charge in [-0.1, -0.05) is 55.3 Å². The van der Waals surface area contributed by atoms with Gasteiger partial charge in [-0.05, 0) is 29.2 Å². The predicted molar refractivity (Wildman–Crippen MR) is 87.6 cm³/mol. The molecule has 0 spiro atoms. The van der Waals surface area contributed by atoms with Crippen LogP contribution in [0, 0.1) is 5.92 Å². The number of fused-ring (bicyclic) bond motifs is 1. The van der Waals surface area contributed by atoms with Gasteiger partial charge < -0.3 is 10.5 Å². The van der Waals surface area contributed by atoms with Crippen LogP contribution >= 0.6 is 0 Å². The number of rotatable bonds is 4. The molecule has 2 aromatic rings. The van der Waals surface area contributed by atoms with Crippen LogP contribution in [0.5, 0.6) is 0 Å². The molecule has 1 saturated carbocycles. The first kappa shape index (κ1) is 14.9. The lowest BCUT2D eigenvalue weighted by Crippen LogP contribution is -2.54. The second-order valence-corrected chi connectivity index (χ2v) is 6.35. The van der Waals surface area contributed by atoms with E-state index in [1.54, 1.807) is 0 Å². The van der Waals surface area contributed by atoms with Crippen molar-refractivity contribution >= 4 is 22.8 Å². The normalized spacial score (nSPS) is 25.0. The van der Waals surface area contributed by atoms with Crippen LogP contribution in [0.3, 0.4) is 0 Å². The molecule has 114 valence electrons. The van der Waals surface area contributed by atoms with E-state index >= 15 is 0 Å². The van der Waals surface area contributed by atoms with E-state index in [0.717, 1.165) is 41.9 Å². The summed E-state index contributed by atoms with van der Waals surface area (Å²) < 4.78 is 0. The van der Waals surface area contributed by atoms with Crippen LogP contribution in [0.2, 0.25) is 0 Å². The summed E-state index contributed by atoms with van der Waals surface area (Å²) in [6, 6.07) is 14.2. The number of carbonyl (C=O) groups is 2. The molecule has 1 fully saturated rings. The molecule has 2 unspecified atom stereocenters. The molecule has 3 rings (SSSR count). The molecule has 0 amide bonds. The lowest BCUT2D eigenvalue weighted by atomic mass is 9.71. The van der Waals surface area contributed by atoms with Gasteiger partial charge in [0, 0.05) is 12.3 Å². The lowest BCUT2D eigenvalue weighted by Gasteiger charge is -2.35. The minimum absolute atomic E-state index is 0.0876. The van der Waals surface area contributed by atoms with E-state index in [2.05, 4.69) is 12.1 Å². The van der Waals surface area contributed by atoms with E-state index in [1.807, 2.05) is 30.3 Å². The maximum atomic E-state index is 12.6. The molecule has 2 atom stereocenters. The molecule has 0 heterocycles. The Morgan fingerprint density at radius 3 is 2.73 bits per heavy atom. The van der Waals surface area contributed by atoms with E-state index in [0.29, 0.717) is 12.8 Å². The zero-order valence-corrected chi connectivity index (χ0v) is 12.6. The van der Waals surface area contributed by atoms with Crippen LogP contribution in [0.15, 0.2) is 42.5 Å². The second-order valence-electron chi connectivity index (χ2n) is 6.35. The van der Waals surface area contributed by atoms with Gasteiger partial charge >= 0.3 is 0 Å². The molecule has 3 heteroatoms. The van der Waals surface area contributed by atoms with Crippen LogP contribution < -0.4 is 5.73 Å². The number of ketones is 1. The number of nitrogens with two attached hydrogens (primary N) is 1. The van der Waals surface area contributed by atoms with E-state index in [4.69, 9.17) is 5.73 Å². The van der Waals surface area contributed by atoms with Crippen molar-refractivity contribution in [2.45, 2.75) is 37.6 Å². The summed E-state index contributed by atoms with van der Waals surface area (Å²) in [5.41, 5.74) is 6.18. The molecule has 1 aliphatic carbocycles. The SMILES string of the molecule is NC1(C=O)CCCCC1C(=O)Cc1ccc2ccccc2c1. The number of Topliss-reactive ketones (excluding diaryl/α,β-unsaturated/α-hetero) is 1. The quantitative estimate of drug-likeness (QED) is 0.882. The average Bonchev–Trinajstić information content (AvgIpc) is 2.55. The van der Waals surface area contributed by atoms with E-state index in [9.17, 15) is 9.59 Å². The molecule has 3 nitrogen and oxygen atoms in total. The van der Waals surface area contributed by atoms with Crippen LogP contribution in [-0.2, 0) is 16.0 Å². The van der Waals surface area contributed by atoms with Crippen LogP contribution in [0.25, 0.3) is 10.8 Å². The average molecular weight is 295 g/mol.